The van der Waals surface area contributed by atoms with Gasteiger partial charge < -0.3 is 0 Å². The highest BCUT2D eigenvalue weighted by atomic mass is 16.2. The van der Waals surface area contributed by atoms with Gasteiger partial charge in [-0.1, -0.05) is 32.1 Å². The summed E-state index contributed by atoms with van der Waals surface area (Å²) in [6.07, 6.45) is 6.12. The summed E-state index contributed by atoms with van der Waals surface area (Å²) in [7, 11) is 0. The van der Waals surface area contributed by atoms with E-state index < -0.39 is 23.3 Å². The second-order valence-corrected chi connectivity index (χ2v) is 4.59. The van der Waals surface area contributed by atoms with E-state index in [4.69, 9.17) is 0 Å². The van der Waals surface area contributed by atoms with E-state index in [-0.39, 0.29) is 0 Å². The van der Waals surface area contributed by atoms with Gasteiger partial charge >= 0.3 is 6.03 Å². The van der Waals surface area contributed by atoms with Crippen molar-refractivity contribution >= 4 is 17.8 Å². The minimum atomic E-state index is -0.992. The second-order valence-electron chi connectivity index (χ2n) is 4.59. The molecule has 0 aromatic carbocycles. The molecule has 0 radical (unpaired) electrons. The number of urea groups is 1. The molecule has 0 atom stereocenters. The van der Waals surface area contributed by atoms with Gasteiger partial charge in [-0.3, -0.25) is 20.2 Å². The van der Waals surface area contributed by atoms with E-state index in [9.17, 15) is 14.4 Å². The monoisotopic (exact) mass is 224 g/mol. The normalized spacial score (nSPS) is 25.6. The summed E-state index contributed by atoms with van der Waals surface area (Å²) in [6, 6.07) is -0.692. The van der Waals surface area contributed by atoms with E-state index >= 15 is 0 Å². The molecule has 1 aliphatic heterocycles. The lowest BCUT2D eigenvalue weighted by Crippen LogP contribution is -2.62. The zero-order valence-electron chi connectivity index (χ0n) is 9.17. The quantitative estimate of drug-likeness (QED) is 0.605. The fraction of sp³-hybridized carbons (Fsp3) is 0.727. The van der Waals surface area contributed by atoms with Crippen LogP contribution in [0.5, 0.6) is 0 Å². The third-order valence-corrected chi connectivity index (χ3v) is 3.53. The van der Waals surface area contributed by atoms with Crippen LogP contribution < -0.4 is 10.6 Å². The van der Waals surface area contributed by atoms with Crippen molar-refractivity contribution in [2.45, 2.75) is 44.9 Å². The van der Waals surface area contributed by atoms with E-state index in [1.165, 1.54) is 0 Å². The van der Waals surface area contributed by atoms with Gasteiger partial charge in [0, 0.05) is 0 Å². The van der Waals surface area contributed by atoms with Crippen molar-refractivity contribution in [3.8, 4) is 0 Å². The van der Waals surface area contributed by atoms with Gasteiger partial charge in [-0.05, 0) is 12.8 Å². The van der Waals surface area contributed by atoms with Crippen molar-refractivity contribution in [2.75, 3.05) is 0 Å². The Hall–Kier alpha value is -1.39. The molecule has 0 bridgehead atoms. The lowest BCUT2D eigenvalue weighted by molar-refractivity contribution is -0.145. The first-order valence-electron chi connectivity index (χ1n) is 5.82. The van der Waals surface area contributed by atoms with Crippen LogP contribution in [0.25, 0.3) is 0 Å². The smallest absolute Gasteiger partial charge is 0.277 e. The lowest BCUT2D eigenvalue weighted by Gasteiger charge is -2.35. The van der Waals surface area contributed by atoms with E-state index in [1.54, 1.807) is 0 Å². The van der Waals surface area contributed by atoms with Crippen LogP contribution in [0.4, 0.5) is 4.79 Å². The number of carbonyl (C=O) groups excluding carboxylic acids is 3. The fourth-order valence-electron chi connectivity index (χ4n) is 2.54. The van der Waals surface area contributed by atoms with Crippen molar-refractivity contribution in [3.05, 3.63) is 0 Å². The van der Waals surface area contributed by atoms with Crippen LogP contribution in [0.1, 0.15) is 44.9 Å². The van der Waals surface area contributed by atoms with E-state index in [0.29, 0.717) is 12.8 Å². The van der Waals surface area contributed by atoms with Gasteiger partial charge in [0.15, 0.2) is 0 Å². The Kier molecular flexibility index (Phi) is 2.94. The molecule has 2 N–H and O–H groups in total. The maximum absolute atomic E-state index is 11.9. The number of carbonyl (C=O) groups is 3. The third kappa shape index (κ3) is 1.81. The predicted octanol–water partition coefficient (Wildman–Crippen LogP) is 1.08. The highest BCUT2D eigenvalue weighted by molar-refractivity contribution is 6.19. The molecule has 1 heterocycles. The van der Waals surface area contributed by atoms with Gasteiger partial charge in [-0.2, -0.15) is 0 Å². The average molecular weight is 224 g/mol. The van der Waals surface area contributed by atoms with Gasteiger partial charge in [0.2, 0.25) is 11.8 Å². The summed E-state index contributed by atoms with van der Waals surface area (Å²) in [5, 5.41) is 4.42. The molecular weight excluding hydrogens is 208 g/mol. The van der Waals surface area contributed by atoms with Gasteiger partial charge in [-0.15, -0.1) is 0 Å². The van der Waals surface area contributed by atoms with Crippen molar-refractivity contribution in [1.82, 2.24) is 10.6 Å². The maximum Gasteiger partial charge on any atom is 0.328 e. The fourth-order valence-corrected chi connectivity index (χ4v) is 2.54. The molecule has 0 aromatic rings. The van der Waals surface area contributed by atoms with Crippen molar-refractivity contribution in [1.29, 1.82) is 0 Å². The molecule has 2 aliphatic rings. The van der Waals surface area contributed by atoms with Gasteiger partial charge in [-0.25, -0.2) is 4.79 Å². The summed E-state index contributed by atoms with van der Waals surface area (Å²) in [4.78, 5) is 34.7. The molecule has 0 unspecified atom stereocenters. The topological polar surface area (TPSA) is 75.3 Å². The number of rotatable bonds is 0. The number of hydrogen-bond donors (Lipinski definition) is 2. The average Bonchev–Trinajstić information content (AvgIpc) is 2.15. The summed E-state index contributed by atoms with van der Waals surface area (Å²) >= 11 is 0. The molecule has 0 aromatic heterocycles. The molecule has 1 saturated carbocycles. The van der Waals surface area contributed by atoms with Crippen molar-refractivity contribution in [2.24, 2.45) is 5.41 Å². The summed E-state index contributed by atoms with van der Waals surface area (Å²) in [6.45, 7) is 0. The van der Waals surface area contributed by atoms with Crippen LogP contribution >= 0.6 is 0 Å². The molecule has 5 nitrogen and oxygen atoms in total. The number of imide groups is 2. The molecule has 4 amide bonds. The number of amides is 4. The highest BCUT2D eigenvalue weighted by Crippen LogP contribution is 2.35. The second kappa shape index (κ2) is 4.23. The van der Waals surface area contributed by atoms with Crippen LogP contribution in [0, 0.1) is 5.41 Å². The van der Waals surface area contributed by atoms with E-state index in [2.05, 4.69) is 10.6 Å². The summed E-state index contributed by atoms with van der Waals surface area (Å²) in [5.74, 6) is -0.828. The molecule has 16 heavy (non-hydrogen) atoms. The zero-order chi connectivity index (χ0) is 11.6. The van der Waals surface area contributed by atoms with Crippen LogP contribution in [0.2, 0.25) is 0 Å². The summed E-state index contributed by atoms with van der Waals surface area (Å²) in [5.41, 5.74) is -0.992. The van der Waals surface area contributed by atoms with Crippen LogP contribution in [-0.4, -0.2) is 17.8 Å². The Morgan fingerprint density at radius 3 is 1.69 bits per heavy atom. The minimum Gasteiger partial charge on any atom is -0.277 e. The van der Waals surface area contributed by atoms with Gasteiger partial charge in [0.25, 0.3) is 0 Å². The first kappa shape index (κ1) is 11.1. The Balaban J connectivity index is 2.21. The molecule has 2 fully saturated rings. The minimum absolute atomic E-state index is 0.414. The van der Waals surface area contributed by atoms with Crippen molar-refractivity contribution in [3.63, 3.8) is 0 Å². The first-order chi connectivity index (χ1) is 7.65. The zero-order valence-corrected chi connectivity index (χ0v) is 9.17. The Labute approximate surface area is 94.0 Å². The maximum atomic E-state index is 11.9. The molecule has 1 aliphatic carbocycles. The van der Waals surface area contributed by atoms with Crippen LogP contribution in [0.15, 0.2) is 0 Å². The standard InChI is InChI=1S/C11H16N2O3/c14-8-11(9(15)13-10(16)12-8)6-4-2-1-3-5-7-11/h1-7H2,(H2,12,13,14,15,16). The molecular formula is C11H16N2O3. The van der Waals surface area contributed by atoms with Gasteiger partial charge in [0.05, 0.1) is 0 Å². The largest absolute Gasteiger partial charge is 0.328 e. The number of nitrogens with one attached hydrogen (secondary N) is 2. The van der Waals surface area contributed by atoms with Crippen LogP contribution in [0.3, 0.4) is 0 Å². The first-order valence-corrected chi connectivity index (χ1v) is 5.82. The van der Waals surface area contributed by atoms with E-state index in [1.807, 2.05) is 0 Å². The molecule has 2 rings (SSSR count). The number of hydrogen-bond acceptors (Lipinski definition) is 3. The SMILES string of the molecule is O=C1NC(=O)C2(CCCCCCC2)C(=O)N1. The van der Waals surface area contributed by atoms with E-state index in [0.717, 1.165) is 32.1 Å². The predicted molar refractivity (Wildman–Crippen MR) is 56.4 cm³/mol. The molecule has 1 spiro atoms. The Morgan fingerprint density at radius 2 is 1.19 bits per heavy atom. The van der Waals surface area contributed by atoms with Crippen molar-refractivity contribution < 1.29 is 14.4 Å². The Bertz CT molecular complexity index is 308. The summed E-state index contributed by atoms with van der Waals surface area (Å²) < 4.78 is 0. The number of barbiturate groups is 1. The molecule has 88 valence electrons. The Morgan fingerprint density at radius 1 is 0.750 bits per heavy atom. The molecule has 5 heteroatoms. The van der Waals surface area contributed by atoms with Gasteiger partial charge in [0.1, 0.15) is 5.41 Å². The lowest BCUT2D eigenvalue weighted by atomic mass is 9.74. The molecule has 1 saturated heterocycles. The van der Waals surface area contributed by atoms with Crippen LogP contribution in [-0.2, 0) is 9.59 Å². The highest BCUT2D eigenvalue weighted by Gasteiger charge is 2.49. The third-order valence-electron chi connectivity index (χ3n) is 3.53.